The highest BCUT2D eigenvalue weighted by molar-refractivity contribution is 7.89. The minimum Gasteiger partial charge on any atom is -0.334 e. The summed E-state index contributed by atoms with van der Waals surface area (Å²) >= 11 is 0. The van der Waals surface area contributed by atoms with Gasteiger partial charge >= 0.3 is 0 Å². The van der Waals surface area contributed by atoms with E-state index in [9.17, 15) is 8.42 Å². The number of imidazole rings is 1. The Morgan fingerprint density at radius 1 is 1.19 bits per heavy atom. The minimum absolute atomic E-state index is 0.391. The van der Waals surface area contributed by atoms with Crippen molar-refractivity contribution in [2.75, 3.05) is 25.0 Å². The predicted molar refractivity (Wildman–Crippen MR) is 131 cm³/mol. The zero-order chi connectivity index (χ0) is 23.0. The summed E-state index contributed by atoms with van der Waals surface area (Å²) in [5, 5.41) is -0.391. The van der Waals surface area contributed by atoms with Crippen LogP contribution in [0.25, 0.3) is 16.6 Å². The van der Waals surface area contributed by atoms with Crippen LogP contribution in [-0.4, -0.2) is 52.6 Å². The molecule has 0 aliphatic carbocycles. The molecule has 0 N–H and O–H groups in total. The number of sulfonamides is 1. The van der Waals surface area contributed by atoms with Gasteiger partial charge in [0.05, 0.1) is 23.3 Å². The van der Waals surface area contributed by atoms with Gasteiger partial charge in [-0.25, -0.2) is 18.4 Å². The van der Waals surface area contributed by atoms with E-state index in [1.54, 1.807) is 24.5 Å². The summed E-state index contributed by atoms with van der Waals surface area (Å²) in [6.07, 6.45) is 7.28. The van der Waals surface area contributed by atoms with Crippen LogP contribution in [0.1, 0.15) is 38.3 Å². The fourth-order valence-corrected chi connectivity index (χ4v) is 5.39. The van der Waals surface area contributed by atoms with Crippen LogP contribution in [0.5, 0.6) is 0 Å². The first kappa shape index (κ1) is 22.5. The third kappa shape index (κ3) is 4.04. The van der Waals surface area contributed by atoms with E-state index in [4.69, 9.17) is 0 Å². The van der Waals surface area contributed by atoms with Crippen LogP contribution in [0, 0.1) is 0 Å². The Morgan fingerprint density at radius 2 is 1.97 bits per heavy atom. The molecular weight excluding hydrogens is 422 g/mol. The molecule has 3 heterocycles. The quantitative estimate of drug-likeness (QED) is 0.561. The normalized spacial score (nSPS) is 15.4. The predicted octanol–water partition coefficient (Wildman–Crippen LogP) is 4.13. The van der Waals surface area contributed by atoms with E-state index in [1.165, 1.54) is 11.1 Å². The molecule has 1 aliphatic rings. The van der Waals surface area contributed by atoms with E-state index in [2.05, 4.69) is 52.1 Å². The average Bonchev–Trinajstić information content (AvgIpc) is 3.18. The molecule has 0 saturated carbocycles. The third-order valence-corrected chi connectivity index (χ3v) is 8.50. The molecule has 2 aromatic heterocycles. The van der Waals surface area contributed by atoms with Crippen molar-refractivity contribution in [1.29, 1.82) is 0 Å². The van der Waals surface area contributed by atoms with E-state index in [0.29, 0.717) is 13.1 Å². The Labute approximate surface area is 190 Å². The molecular formula is C24H31N5O2S. The standard InChI is InChI=1S/C24H31N5O2S/c1-6-18-13-20(19-9-11-29(12-10-19)32(30,31)17(2)3)7-8-22(18)28(5)24-14-23-21(15-25-24)26-16-27(23)4/h7-9,13-17H,6,10-12H2,1-5H3. The van der Waals surface area contributed by atoms with Gasteiger partial charge in [0.15, 0.2) is 0 Å². The molecule has 0 saturated heterocycles. The molecule has 8 heteroatoms. The van der Waals surface area contributed by atoms with Crippen LogP contribution in [-0.2, 0) is 23.5 Å². The highest BCUT2D eigenvalue weighted by atomic mass is 32.2. The van der Waals surface area contributed by atoms with Crippen LogP contribution in [0.4, 0.5) is 11.5 Å². The molecule has 0 fully saturated rings. The molecule has 0 atom stereocenters. The first-order valence-electron chi connectivity index (χ1n) is 11.0. The second-order valence-corrected chi connectivity index (χ2v) is 11.1. The van der Waals surface area contributed by atoms with Crippen molar-refractivity contribution in [2.45, 2.75) is 38.9 Å². The van der Waals surface area contributed by atoms with Crippen molar-refractivity contribution in [1.82, 2.24) is 18.8 Å². The Morgan fingerprint density at radius 3 is 2.62 bits per heavy atom. The summed E-state index contributed by atoms with van der Waals surface area (Å²) in [7, 11) is 0.805. The van der Waals surface area contributed by atoms with Crippen LogP contribution in [0.15, 0.2) is 42.9 Å². The zero-order valence-corrected chi connectivity index (χ0v) is 20.2. The van der Waals surface area contributed by atoms with E-state index < -0.39 is 15.3 Å². The lowest BCUT2D eigenvalue weighted by Crippen LogP contribution is -2.39. The molecule has 1 aliphatic heterocycles. The molecule has 32 heavy (non-hydrogen) atoms. The lowest BCUT2D eigenvalue weighted by molar-refractivity contribution is 0.435. The molecule has 0 bridgehead atoms. The topological polar surface area (TPSA) is 71.3 Å². The second-order valence-electron chi connectivity index (χ2n) is 8.57. The van der Waals surface area contributed by atoms with Gasteiger partial charge in [-0.15, -0.1) is 0 Å². The summed E-state index contributed by atoms with van der Waals surface area (Å²) in [6.45, 7) is 6.59. The lowest BCUT2D eigenvalue weighted by Gasteiger charge is -2.28. The SMILES string of the molecule is CCc1cc(C2=CCN(S(=O)(=O)C(C)C)CC2)ccc1N(C)c1cc2c(cn1)ncn2C. The van der Waals surface area contributed by atoms with Crippen molar-refractivity contribution in [3.05, 3.63) is 54.0 Å². The number of fused-ring (bicyclic) bond motifs is 1. The molecule has 4 rings (SSSR count). The van der Waals surface area contributed by atoms with Crippen LogP contribution >= 0.6 is 0 Å². The highest BCUT2D eigenvalue weighted by Crippen LogP contribution is 2.32. The van der Waals surface area contributed by atoms with Crippen LogP contribution in [0.3, 0.4) is 0 Å². The van der Waals surface area contributed by atoms with Gasteiger partial charge < -0.3 is 9.47 Å². The molecule has 0 spiro atoms. The molecule has 0 radical (unpaired) electrons. The summed E-state index contributed by atoms with van der Waals surface area (Å²) < 4.78 is 28.5. The number of benzene rings is 1. The summed E-state index contributed by atoms with van der Waals surface area (Å²) in [6, 6.07) is 8.56. The maximum absolute atomic E-state index is 12.4. The van der Waals surface area contributed by atoms with Gasteiger partial charge in [-0.05, 0) is 55.5 Å². The second kappa shape index (κ2) is 8.67. The Bertz CT molecular complexity index is 1280. The summed E-state index contributed by atoms with van der Waals surface area (Å²) in [5.41, 5.74) is 6.65. The van der Waals surface area contributed by atoms with Crippen molar-refractivity contribution < 1.29 is 8.42 Å². The largest absolute Gasteiger partial charge is 0.334 e. The van der Waals surface area contributed by atoms with E-state index in [0.717, 1.165) is 40.9 Å². The Hall–Kier alpha value is -2.71. The molecule has 170 valence electrons. The number of nitrogens with zero attached hydrogens (tertiary/aromatic N) is 5. The maximum Gasteiger partial charge on any atom is 0.216 e. The van der Waals surface area contributed by atoms with Gasteiger partial charge in [-0.1, -0.05) is 19.1 Å². The smallest absolute Gasteiger partial charge is 0.216 e. The number of rotatable bonds is 6. The van der Waals surface area contributed by atoms with E-state index in [-0.39, 0.29) is 0 Å². The van der Waals surface area contributed by atoms with Crippen LogP contribution in [0.2, 0.25) is 0 Å². The van der Waals surface area contributed by atoms with Gasteiger partial charge in [0.2, 0.25) is 10.0 Å². The van der Waals surface area contributed by atoms with Gasteiger partial charge in [0, 0.05) is 38.9 Å². The van der Waals surface area contributed by atoms with Gasteiger partial charge in [0.1, 0.15) is 11.3 Å². The molecule has 7 nitrogen and oxygen atoms in total. The van der Waals surface area contributed by atoms with Gasteiger partial charge in [0.25, 0.3) is 0 Å². The van der Waals surface area contributed by atoms with E-state index in [1.807, 2.05) is 24.9 Å². The van der Waals surface area contributed by atoms with E-state index >= 15 is 0 Å². The lowest BCUT2D eigenvalue weighted by atomic mass is 9.96. The minimum atomic E-state index is -3.21. The fraction of sp³-hybridized carbons (Fsp3) is 0.417. The summed E-state index contributed by atoms with van der Waals surface area (Å²) in [4.78, 5) is 11.1. The van der Waals surface area contributed by atoms with Crippen molar-refractivity contribution in [3.63, 3.8) is 0 Å². The van der Waals surface area contributed by atoms with Crippen molar-refractivity contribution in [2.24, 2.45) is 7.05 Å². The zero-order valence-electron chi connectivity index (χ0n) is 19.4. The number of hydrogen-bond acceptors (Lipinski definition) is 5. The van der Waals surface area contributed by atoms with Crippen molar-refractivity contribution in [3.8, 4) is 0 Å². The van der Waals surface area contributed by atoms with Crippen LogP contribution < -0.4 is 4.90 Å². The van der Waals surface area contributed by atoms with Crippen molar-refractivity contribution >= 4 is 38.1 Å². The number of pyridine rings is 1. The fourth-order valence-electron chi connectivity index (χ4n) is 4.16. The number of anilines is 2. The third-order valence-electron chi connectivity index (χ3n) is 6.26. The molecule has 0 unspecified atom stereocenters. The monoisotopic (exact) mass is 453 g/mol. The first-order chi connectivity index (χ1) is 15.2. The maximum atomic E-state index is 12.4. The number of hydrogen-bond donors (Lipinski definition) is 0. The molecule has 0 amide bonds. The number of aromatic nitrogens is 3. The summed E-state index contributed by atoms with van der Waals surface area (Å²) in [5.74, 6) is 0.870. The Kier molecular flexibility index (Phi) is 6.09. The Balaban J connectivity index is 1.60. The average molecular weight is 454 g/mol. The van der Waals surface area contributed by atoms with Gasteiger partial charge in [-0.2, -0.15) is 4.31 Å². The number of aryl methyl sites for hydroxylation is 2. The highest BCUT2D eigenvalue weighted by Gasteiger charge is 2.27. The van der Waals surface area contributed by atoms with Gasteiger partial charge in [-0.3, -0.25) is 0 Å². The first-order valence-corrected chi connectivity index (χ1v) is 12.5. The molecule has 1 aromatic carbocycles. The molecule has 3 aromatic rings.